The summed E-state index contributed by atoms with van der Waals surface area (Å²) < 4.78 is 65.1. The van der Waals surface area contributed by atoms with Gasteiger partial charge in [0.2, 0.25) is 5.82 Å². The predicted molar refractivity (Wildman–Crippen MR) is 118 cm³/mol. The molecule has 1 unspecified atom stereocenters. The Kier molecular flexibility index (Phi) is 4.80. The fraction of sp³-hybridized carbons (Fsp3) is 0.292. The molecule has 176 valence electrons. The number of fused-ring (bicyclic) bond motifs is 4. The second kappa shape index (κ2) is 7.76. The molecule has 2 aromatic carbocycles. The van der Waals surface area contributed by atoms with Crippen LogP contribution in [-0.4, -0.2) is 52.2 Å². The summed E-state index contributed by atoms with van der Waals surface area (Å²) in [5.74, 6) is -0.719. The molecule has 2 aliphatic heterocycles. The monoisotopic (exact) mass is 472 g/mol. The first-order valence-corrected chi connectivity index (χ1v) is 10.9. The molecule has 0 radical (unpaired) electrons. The van der Waals surface area contributed by atoms with E-state index in [-0.39, 0.29) is 28.7 Å². The van der Waals surface area contributed by atoms with Gasteiger partial charge in [-0.3, -0.25) is 4.90 Å². The average molecular weight is 472 g/mol. The van der Waals surface area contributed by atoms with E-state index >= 15 is 0 Å². The van der Waals surface area contributed by atoms with Gasteiger partial charge in [-0.25, -0.2) is 9.37 Å². The third-order valence-electron chi connectivity index (χ3n) is 6.32. The highest BCUT2D eigenvalue weighted by Gasteiger charge is 2.36. The van der Waals surface area contributed by atoms with Crippen LogP contribution in [0.3, 0.4) is 0 Å². The Morgan fingerprint density at radius 3 is 2.85 bits per heavy atom. The molecule has 2 aliphatic rings. The van der Waals surface area contributed by atoms with Crippen LogP contribution in [0.5, 0.6) is 11.5 Å². The van der Waals surface area contributed by atoms with Crippen LogP contribution < -0.4 is 9.47 Å². The van der Waals surface area contributed by atoms with E-state index in [1.165, 1.54) is 12.1 Å². The Hall–Kier alpha value is -3.53. The number of rotatable bonds is 3. The maximum absolute atomic E-state index is 14.0. The number of para-hydroxylation sites is 1. The van der Waals surface area contributed by atoms with Gasteiger partial charge >= 0.3 is 6.18 Å². The Labute approximate surface area is 191 Å². The van der Waals surface area contributed by atoms with Crippen LogP contribution in [0.1, 0.15) is 17.8 Å². The molecule has 0 amide bonds. The summed E-state index contributed by atoms with van der Waals surface area (Å²) >= 11 is 0. The number of ether oxygens (including phenoxy) is 2. The minimum Gasteiger partial charge on any atom is -0.486 e. The maximum atomic E-state index is 14.0. The lowest BCUT2D eigenvalue weighted by atomic mass is 9.98. The van der Waals surface area contributed by atoms with E-state index in [1.54, 1.807) is 12.1 Å². The van der Waals surface area contributed by atoms with Crippen LogP contribution in [0, 0.1) is 5.82 Å². The van der Waals surface area contributed by atoms with Gasteiger partial charge in [0.15, 0.2) is 11.5 Å². The molecule has 0 aliphatic carbocycles. The molecule has 10 heteroatoms. The van der Waals surface area contributed by atoms with Gasteiger partial charge in [0, 0.05) is 36.8 Å². The Balaban J connectivity index is 1.18. The van der Waals surface area contributed by atoms with Crippen molar-refractivity contribution in [3.63, 3.8) is 0 Å². The van der Waals surface area contributed by atoms with Crippen LogP contribution in [0.2, 0.25) is 0 Å². The topological polar surface area (TPSA) is 66.2 Å². The molecule has 0 bridgehead atoms. The lowest BCUT2D eigenvalue weighted by Gasteiger charge is -2.32. The van der Waals surface area contributed by atoms with E-state index in [0.717, 1.165) is 29.5 Å². The third kappa shape index (κ3) is 3.58. The Morgan fingerprint density at radius 2 is 2.06 bits per heavy atom. The lowest BCUT2D eigenvalue weighted by molar-refractivity contribution is -0.144. The van der Waals surface area contributed by atoms with Crippen molar-refractivity contribution in [3.05, 3.63) is 59.8 Å². The number of halogens is 4. The van der Waals surface area contributed by atoms with Crippen molar-refractivity contribution in [2.45, 2.75) is 18.7 Å². The molecule has 0 fully saturated rings. The molecule has 0 spiro atoms. The van der Waals surface area contributed by atoms with Gasteiger partial charge in [-0.1, -0.05) is 18.2 Å². The van der Waals surface area contributed by atoms with Crippen molar-refractivity contribution in [2.75, 3.05) is 26.2 Å². The second-order valence-electron chi connectivity index (χ2n) is 8.53. The van der Waals surface area contributed by atoms with Gasteiger partial charge in [-0.2, -0.15) is 13.2 Å². The standard InChI is InChI=1S/C24H20F4N4O2/c25-17-3-1-2-15-16(10-29-20(15)17)13-6-8-32(9-7-13)11-14-12-33-19-5-4-18-21(22(19)34-14)31-23(30-18)24(26,27)28/h1-6,10,14,29H,7-9,11-12H2,(H,30,31). The second-order valence-corrected chi connectivity index (χ2v) is 8.53. The number of nitrogens with one attached hydrogen (secondary N) is 2. The summed E-state index contributed by atoms with van der Waals surface area (Å²) in [5.41, 5.74) is 3.02. The summed E-state index contributed by atoms with van der Waals surface area (Å²) in [7, 11) is 0. The largest absolute Gasteiger partial charge is 0.486 e. The predicted octanol–water partition coefficient (Wildman–Crippen LogP) is 5.13. The molecule has 34 heavy (non-hydrogen) atoms. The fourth-order valence-corrected chi connectivity index (χ4v) is 4.66. The smallest absolute Gasteiger partial charge is 0.449 e. The van der Waals surface area contributed by atoms with Crippen molar-refractivity contribution in [2.24, 2.45) is 0 Å². The van der Waals surface area contributed by atoms with Crippen LogP contribution in [0.25, 0.3) is 27.5 Å². The highest BCUT2D eigenvalue weighted by molar-refractivity contribution is 5.93. The van der Waals surface area contributed by atoms with Gasteiger partial charge in [-0.05, 0) is 30.2 Å². The summed E-state index contributed by atoms with van der Waals surface area (Å²) in [5, 5.41) is 0.863. The van der Waals surface area contributed by atoms with Gasteiger partial charge in [0.05, 0.1) is 11.0 Å². The normalized spacial score (nSPS) is 19.1. The average Bonchev–Trinajstić information content (AvgIpc) is 3.45. The summed E-state index contributed by atoms with van der Waals surface area (Å²) in [6, 6.07) is 8.14. The zero-order valence-electron chi connectivity index (χ0n) is 17.9. The van der Waals surface area contributed by atoms with E-state index in [4.69, 9.17) is 9.47 Å². The van der Waals surface area contributed by atoms with Crippen LogP contribution in [0.15, 0.2) is 42.6 Å². The first-order valence-electron chi connectivity index (χ1n) is 10.9. The molecule has 2 N–H and O–H groups in total. The van der Waals surface area contributed by atoms with E-state index in [9.17, 15) is 17.6 Å². The summed E-state index contributed by atoms with van der Waals surface area (Å²) in [4.78, 5) is 11.2. The van der Waals surface area contributed by atoms with E-state index in [2.05, 4.69) is 25.9 Å². The minimum absolute atomic E-state index is 0.113. The third-order valence-corrected chi connectivity index (χ3v) is 6.32. The molecule has 0 saturated heterocycles. The molecule has 1 atom stereocenters. The fourth-order valence-electron chi connectivity index (χ4n) is 4.66. The molecule has 0 saturated carbocycles. The molecular formula is C24H20F4N4O2. The van der Waals surface area contributed by atoms with Gasteiger partial charge < -0.3 is 19.4 Å². The number of imidazole rings is 1. The quantitative estimate of drug-likeness (QED) is 0.406. The minimum atomic E-state index is -4.57. The number of aromatic amines is 2. The lowest BCUT2D eigenvalue weighted by Crippen LogP contribution is -2.42. The number of alkyl halides is 3. The van der Waals surface area contributed by atoms with Gasteiger partial charge in [0.25, 0.3) is 0 Å². The summed E-state index contributed by atoms with van der Waals surface area (Å²) in [6.45, 7) is 2.29. The highest BCUT2D eigenvalue weighted by atomic mass is 19.4. The van der Waals surface area contributed by atoms with Crippen molar-refractivity contribution >= 4 is 27.5 Å². The number of hydrogen-bond acceptors (Lipinski definition) is 4. The van der Waals surface area contributed by atoms with E-state index in [1.807, 2.05) is 12.3 Å². The van der Waals surface area contributed by atoms with Crippen LogP contribution in [0.4, 0.5) is 17.6 Å². The number of nitrogens with zero attached hydrogens (tertiary/aromatic N) is 2. The first-order chi connectivity index (χ1) is 16.4. The van der Waals surface area contributed by atoms with E-state index in [0.29, 0.717) is 31.0 Å². The zero-order valence-corrected chi connectivity index (χ0v) is 17.9. The van der Waals surface area contributed by atoms with Gasteiger partial charge in [0.1, 0.15) is 24.0 Å². The summed E-state index contributed by atoms with van der Waals surface area (Å²) in [6.07, 6.45) is -0.173. The number of benzene rings is 2. The number of aromatic nitrogens is 3. The molecule has 2 aromatic heterocycles. The van der Waals surface area contributed by atoms with E-state index < -0.39 is 12.0 Å². The molecule has 6 rings (SSSR count). The zero-order chi connectivity index (χ0) is 23.4. The number of hydrogen-bond donors (Lipinski definition) is 2. The molecular weight excluding hydrogens is 452 g/mol. The van der Waals surface area contributed by atoms with Crippen LogP contribution >= 0.6 is 0 Å². The maximum Gasteiger partial charge on any atom is 0.449 e. The highest BCUT2D eigenvalue weighted by Crippen LogP contribution is 2.40. The molecule has 4 aromatic rings. The van der Waals surface area contributed by atoms with Crippen molar-refractivity contribution in [1.29, 1.82) is 0 Å². The van der Waals surface area contributed by atoms with Crippen molar-refractivity contribution in [3.8, 4) is 11.5 Å². The Morgan fingerprint density at radius 1 is 1.18 bits per heavy atom. The van der Waals surface area contributed by atoms with Crippen LogP contribution in [-0.2, 0) is 6.18 Å². The number of H-pyrrole nitrogens is 2. The van der Waals surface area contributed by atoms with Gasteiger partial charge in [-0.15, -0.1) is 0 Å². The molecule has 4 heterocycles. The first kappa shape index (κ1) is 21.0. The molecule has 6 nitrogen and oxygen atoms in total. The van der Waals surface area contributed by atoms with Crippen molar-refractivity contribution < 1.29 is 27.0 Å². The van der Waals surface area contributed by atoms with Crippen molar-refractivity contribution in [1.82, 2.24) is 19.9 Å². The SMILES string of the molecule is Fc1cccc2c(C3=CCN(CC4COc5ccc6[nH]c(C(F)(F)F)nc6c5O4)CC3)c[nH]c12. The Bertz CT molecular complexity index is 1420.